The first kappa shape index (κ1) is 26.4. The third kappa shape index (κ3) is 5.85. The fraction of sp³-hybridized carbons (Fsp3) is 0.577. The lowest BCUT2D eigenvalue weighted by molar-refractivity contribution is -0.0409. The van der Waals surface area contributed by atoms with E-state index in [0.717, 1.165) is 35.9 Å². The molecule has 1 N–H and O–H groups in total. The van der Waals surface area contributed by atoms with Crippen LogP contribution in [0.25, 0.3) is 21.8 Å². The molecule has 0 aliphatic carbocycles. The normalized spacial score (nSPS) is 16.5. The third-order valence-corrected chi connectivity index (χ3v) is 6.41. The standard InChI is InChI=1S/C26H35ClN4O5/c1-26(2,3)36-25(33)28-12-7-13-30-19-10-9-17(27)16-18(19)23-22(24(30)32)20(11-15-34-4)31(29-23)21-8-5-6-14-35-21/h9-10,16,21H,5-8,11-15H2,1-4H3,(H,28,33). The topological polar surface area (TPSA) is 96.6 Å². The molecular formula is C26H35ClN4O5. The zero-order chi connectivity index (χ0) is 25.9. The van der Waals surface area contributed by atoms with E-state index in [1.807, 2.05) is 37.6 Å². The van der Waals surface area contributed by atoms with Gasteiger partial charge in [0.15, 0.2) is 6.23 Å². The molecule has 10 heteroatoms. The average molecular weight is 519 g/mol. The fourth-order valence-corrected chi connectivity index (χ4v) is 4.79. The highest BCUT2D eigenvalue weighted by atomic mass is 35.5. The molecule has 36 heavy (non-hydrogen) atoms. The first-order valence-corrected chi connectivity index (χ1v) is 12.9. The molecule has 1 aromatic carbocycles. The van der Waals surface area contributed by atoms with Crippen LogP contribution >= 0.6 is 11.6 Å². The Morgan fingerprint density at radius 2 is 2.11 bits per heavy atom. The van der Waals surface area contributed by atoms with E-state index >= 15 is 0 Å². The van der Waals surface area contributed by atoms with Crippen LogP contribution in [-0.2, 0) is 27.2 Å². The van der Waals surface area contributed by atoms with Crippen molar-refractivity contribution in [1.82, 2.24) is 19.7 Å². The van der Waals surface area contributed by atoms with Crippen LogP contribution < -0.4 is 10.9 Å². The van der Waals surface area contributed by atoms with Gasteiger partial charge in [-0.25, -0.2) is 9.48 Å². The number of nitrogens with zero attached hydrogens (tertiary/aromatic N) is 3. The number of alkyl carbamates (subject to hydrolysis) is 1. The van der Waals surface area contributed by atoms with Crippen molar-refractivity contribution in [1.29, 1.82) is 0 Å². The van der Waals surface area contributed by atoms with Gasteiger partial charge in [0.05, 0.1) is 23.2 Å². The quantitative estimate of drug-likeness (QED) is 0.430. The number of benzene rings is 1. The van der Waals surface area contributed by atoms with Crippen molar-refractivity contribution in [2.45, 2.75) is 71.2 Å². The van der Waals surface area contributed by atoms with Gasteiger partial charge in [0.25, 0.3) is 5.56 Å². The first-order chi connectivity index (χ1) is 17.2. The first-order valence-electron chi connectivity index (χ1n) is 12.5. The SMILES string of the molecule is COCCc1c2c(=O)n(CCCNC(=O)OC(C)(C)C)c3ccc(Cl)cc3c2nn1C1CCCCO1. The van der Waals surface area contributed by atoms with E-state index in [1.165, 1.54) is 0 Å². The number of nitrogens with one attached hydrogen (secondary N) is 1. The largest absolute Gasteiger partial charge is 0.444 e. The molecule has 1 fully saturated rings. The number of rotatable bonds is 8. The van der Waals surface area contributed by atoms with E-state index in [-0.39, 0.29) is 11.8 Å². The van der Waals surface area contributed by atoms with Gasteiger partial charge in [0.2, 0.25) is 0 Å². The number of carbonyl (C=O) groups is 1. The number of halogens is 1. The molecule has 1 aliphatic rings. The highest BCUT2D eigenvalue weighted by Gasteiger charge is 2.26. The molecule has 0 radical (unpaired) electrons. The van der Waals surface area contributed by atoms with Crippen LogP contribution in [-0.4, -0.2) is 52.9 Å². The molecular weight excluding hydrogens is 484 g/mol. The van der Waals surface area contributed by atoms with E-state index in [1.54, 1.807) is 17.7 Å². The summed E-state index contributed by atoms with van der Waals surface area (Å²) < 4.78 is 20.3. The highest BCUT2D eigenvalue weighted by molar-refractivity contribution is 6.31. The predicted octanol–water partition coefficient (Wildman–Crippen LogP) is 4.81. The molecule has 9 nitrogen and oxygen atoms in total. The fourth-order valence-electron chi connectivity index (χ4n) is 4.62. The number of aromatic nitrogens is 3. The van der Waals surface area contributed by atoms with Gasteiger partial charge < -0.3 is 24.1 Å². The van der Waals surface area contributed by atoms with Gasteiger partial charge in [0, 0.05) is 43.6 Å². The van der Waals surface area contributed by atoms with Crippen LogP contribution in [0.5, 0.6) is 0 Å². The smallest absolute Gasteiger partial charge is 0.407 e. The molecule has 2 aromatic heterocycles. The van der Waals surface area contributed by atoms with Crippen LogP contribution in [0.3, 0.4) is 0 Å². The number of pyridine rings is 1. The summed E-state index contributed by atoms with van der Waals surface area (Å²) in [6, 6.07) is 5.48. The number of hydrogen-bond donors (Lipinski definition) is 1. The molecule has 1 saturated heterocycles. The van der Waals surface area contributed by atoms with Crippen molar-refractivity contribution < 1.29 is 19.0 Å². The van der Waals surface area contributed by atoms with Crippen LogP contribution in [0.15, 0.2) is 23.0 Å². The molecule has 1 atom stereocenters. The maximum Gasteiger partial charge on any atom is 0.407 e. The Balaban J connectivity index is 1.74. The molecule has 1 amide bonds. The molecule has 0 bridgehead atoms. The molecule has 3 heterocycles. The number of hydrogen-bond acceptors (Lipinski definition) is 6. The maximum absolute atomic E-state index is 13.9. The lowest BCUT2D eigenvalue weighted by Crippen LogP contribution is -2.33. The Hall–Kier alpha value is -2.62. The van der Waals surface area contributed by atoms with Crippen molar-refractivity contribution >= 4 is 39.5 Å². The van der Waals surface area contributed by atoms with E-state index in [9.17, 15) is 9.59 Å². The molecule has 0 saturated carbocycles. The van der Waals surface area contributed by atoms with Crippen LogP contribution in [0.1, 0.15) is 58.4 Å². The highest BCUT2D eigenvalue weighted by Crippen LogP contribution is 2.31. The van der Waals surface area contributed by atoms with Crippen molar-refractivity contribution in [3.05, 3.63) is 39.3 Å². The van der Waals surface area contributed by atoms with Gasteiger partial charge in [-0.2, -0.15) is 5.10 Å². The minimum atomic E-state index is -0.567. The minimum absolute atomic E-state index is 0.120. The van der Waals surface area contributed by atoms with E-state index in [4.69, 9.17) is 30.9 Å². The summed E-state index contributed by atoms with van der Waals surface area (Å²) in [5.41, 5.74) is 1.50. The minimum Gasteiger partial charge on any atom is -0.444 e. The Kier molecular flexibility index (Phi) is 8.22. The van der Waals surface area contributed by atoms with Crippen LogP contribution in [0, 0.1) is 0 Å². The monoisotopic (exact) mass is 518 g/mol. The summed E-state index contributed by atoms with van der Waals surface area (Å²) in [6.07, 6.45) is 3.32. The average Bonchev–Trinajstić information content (AvgIpc) is 3.21. The van der Waals surface area contributed by atoms with Crippen molar-refractivity contribution in [3.8, 4) is 0 Å². The summed E-state index contributed by atoms with van der Waals surface area (Å²) in [5.74, 6) is 0. The number of carbonyl (C=O) groups excluding carboxylic acids is 1. The second kappa shape index (κ2) is 11.2. The van der Waals surface area contributed by atoms with Gasteiger partial charge in [-0.1, -0.05) is 11.6 Å². The van der Waals surface area contributed by atoms with Gasteiger partial charge in [0.1, 0.15) is 11.1 Å². The van der Waals surface area contributed by atoms with Crippen LogP contribution in [0.4, 0.5) is 4.79 Å². The van der Waals surface area contributed by atoms with E-state index in [2.05, 4.69) is 5.32 Å². The lowest BCUT2D eigenvalue weighted by atomic mass is 10.1. The summed E-state index contributed by atoms with van der Waals surface area (Å²) in [5, 5.41) is 9.62. The maximum atomic E-state index is 13.9. The second-order valence-electron chi connectivity index (χ2n) is 10.1. The van der Waals surface area contributed by atoms with E-state index in [0.29, 0.717) is 55.1 Å². The predicted molar refractivity (Wildman–Crippen MR) is 140 cm³/mol. The molecule has 4 rings (SSSR count). The lowest BCUT2D eigenvalue weighted by Gasteiger charge is -2.24. The van der Waals surface area contributed by atoms with Crippen LogP contribution in [0.2, 0.25) is 5.02 Å². The van der Waals surface area contributed by atoms with Gasteiger partial charge in [-0.15, -0.1) is 0 Å². The zero-order valence-corrected chi connectivity index (χ0v) is 22.2. The third-order valence-electron chi connectivity index (χ3n) is 6.17. The molecule has 1 unspecified atom stereocenters. The van der Waals surface area contributed by atoms with Gasteiger partial charge in [-0.05, 0) is 64.7 Å². The molecule has 3 aromatic rings. The molecule has 196 valence electrons. The number of methoxy groups -OCH3 is 1. The van der Waals surface area contributed by atoms with E-state index < -0.39 is 11.7 Å². The molecule has 1 aliphatic heterocycles. The number of fused-ring (bicyclic) bond motifs is 3. The summed E-state index contributed by atoms with van der Waals surface area (Å²) in [4.78, 5) is 25.9. The summed E-state index contributed by atoms with van der Waals surface area (Å²) in [7, 11) is 1.64. The zero-order valence-electron chi connectivity index (χ0n) is 21.4. The Labute approximate surface area is 215 Å². The van der Waals surface area contributed by atoms with Gasteiger partial charge >= 0.3 is 6.09 Å². The Morgan fingerprint density at radius 1 is 1.31 bits per heavy atom. The summed E-state index contributed by atoms with van der Waals surface area (Å²) in [6.45, 7) is 7.37. The number of aryl methyl sites for hydroxylation is 1. The van der Waals surface area contributed by atoms with Gasteiger partial charge in [-0.3, -0.25) is 4.79 Å². The second-order valence-corrected chi connectivity index (χ2v) is 10.5. The Bertz CT molecular complexity index is 1290. The van der Waals surface area contributed by atoms with Crippen molar-refractivity contribution in [2.24, 2.45) is 0 Å². The number of ether oxygens (including phenoxy) is 3. The van der Waals surface area contributed by atoms with Crippen molar-refractivity contribution in [3.63, 3.8) is 0 Å². The summed E-state index contributed by atoms with van der Waals surface area (Å²) >= 11 is 6.38. The molecule has 0 spiro atoms. The number of amides is 1. The Morgan fingerprint density at radius 3 is 2.81 bits per heavy atom. The van der Waals surface area contributed by atoms with Crippen molar-refractivity contribution in [2.75, 3.05) is 26.9 Å².